The number of hydrogen-bond donors (Lipinski definition) is 0. The van der Waals surface area contributed by atoms with Crippen molar-refractivity contribution < 1.29 is 4.74 Å². The second-order valence-corrected chi connectivity index (χ2v) is 4.22. The molecule has 0 saturated carbocycles. The number of hydrogen-bond acceptors (Lipinski definition) is 3. The van der Waals surface area contributed by atoms with Crippen LogP contribution in [-0.4, -0.2) is 26.3 Å². The van der Waals surface area contributed by atoms with Gasteiger partial charge in [-0.25, -0.2) is 0 Å². The van der Waals surface area contributed by atoms with Gasteiger partial charge in [0, 0.05) is 19.7 Å². The zero-order valence-electron chi connectivity index (χ0n) is 11.0. The standard InChI is InChI=1S/C14H20N2O/c1-5-16(12(3)10-17-4)14-7-6-11(2)8-13(14)9-15/h6-8,12H,5,10H2,1-4H3. The molecule has 0 heterocycles. The van der Waals surface area contributed by atoms with Crippen LogP contribution in [0.4, 0.5) is 5.69 Å². The average Bonchev–Trinajstić information content (AvgIpc) is 2.32. The lowest BCUT2D eigenvalue weighted by atomic mass is 10.1. The molecule has 1 aromatic carbocycles. The van der Waals surface area contributed by atoms with E-state index in [2.05, 4.69) is 24.8 Å². The number of ether oxygens (including phenoxy) is 1. The van der Waals surface area contributed by atoms with E-state index in [0.29, 0.717) is 6.61 Å². The lowest BCUT2D eigenvalue weighted by Gasteiger charge is -2.30. The van der Waals surface area contributed by atoms with E-state index in [-0.39, 0.29) is 6.04 Å². The first kappa shape index (κ1) is 13.5. The van der Waals surface area contributed by atoms with Crippen molar-refractivity contribution in [3.8, 4) is 6.07 Å². The first-order valence-corrected chi connectivity index (χ1v) is 5.90. The Hall–Kier alpha value is -1.53. The molecule has 1 rings (SSSR count). The summed E-state index contributed by atoms with van der Waals surface area (Å²) in [6, 6.07) is 8.51. The summed E-state index contributed by atoms with van der Waals surface area (Å²) in [5.41, 5.74) is 2.83. The molecule has 3 heteroatoms. The number of aryl methyl sites for hydroxylation is 1. The van der Waals surface area contributed by atoms with Crippen molar-refractivity contribution in [3.05, 3.63) is 29.3 Å². The number of benzene rings is 1. The molecule has 1 unspecified atom stereocenters. The maximum Gasteiger partial charge on any atom is 0.101 e. The fourth-order valence-corrected chi connectivity index (χ4v) is 2.04. The predicted molar refractivity (Wildman–Crippen MR) is 70.3 cm³/mol. The predicted octanol–water partition coefficient (Wildman–Crippen LogP) is 2.73. The molecule has 0 aliphatic carbocycles. The highest BCUT2D eigenvalue weighted by atomic mass is 16.5. The Morgan fingerprint density at radius 2 is 2.18 bits per heavy atom. The van der Waals surface area contributed by atoms with Gasteiger partial charge in [0.1, 0.15) is 6.07 Å². The normalized spacial score (nSPS) is 11.9. The van der Waals surface area contributed by atoms with Crippen molar-refractivity contribution in [2.24, 2.45) is 0 Å². The quantitative estimate of drug-likeness (QED) is 0.783. The Kier molecular flexibility index (Phi) is 4.99. The van der Waals surface area contributed by atoms with Crippen molar-refractivity contribution in [2.45, 2.75) is 26.8 Å². The smallest absolute Gasteiger partial charge is 0.101 e. The Bertz CT molecular complexity index is 409. The topological polar surface area (TPSA) is 36.3 Å². The molecule has 92 valence electrons. The molecular weight excluding hydrogens is 212 g/mol. The molecule has 0 N–H and O–H groups in total. The Labute approximate surface area is 104 Å². The van der Waals surface area contributed by atoms with Crippen LogP contribution in [0, 0.1) is 18.3 Å². The van der Waals surface area contributed by atoms with Crippen molar-refractivity contribution in [1.82, 2.24) is 0 Å². The van der Waals surface area contributed by atoms with Gasteiger partial charge in [-0.3, -0.25) is 0 Å². The molecule has 1 atom stereocenters. The van der Waals surface area contributed by atoms with Crippen molar-refractivity contribution in [2.75, 3.05) is 25.2 Å². The van der Waals surface area contributed by atoms with E-state index in [4.69, 9.17) is 4.74 Å². The van der Waals surface area contributed by atoms with Gasteiger partial charge >= 0.3 is 0 Å². The van der Waals surface area contributed by atoms with Crippen molar-refractivity contribution in [1.29, 1.82) is 5.26 Å². The highest BCUT2D eigenvalue weighted by Gasteiger charge is 2.15. The fraction of sp³-hybridized carbons (Fsp3) is 0.500. The molecule has 0 aliphatic rings. The minimum atomic E-state index is 0.264. The van der Waals surface area contributed by atoms with Crippen LogP contribution in [0.15, 0.2) is 18.2 Å². The minimum Gasteiger partial charge on any atom is -0.383 e. The minimum absolute atomic E-state index is 0.264. The van der Waals surface area contributed by atoms with Gasteiger partial charge in [-0.2, -0.15) is 5.26 Å². The molecule has 3 nitrogen and oxygen atoms in total. The van der Waals surface area contributed by atoms with E-state index < -0.39 is 0 Å². The molecule has 1 aromatic rings. The molecule has 0 bridgehead atoms. The number of rotatable bonds is 5. The third-order valence-electron chi connectivity index (χ3n) is 2.86. The molecule has 0 amide bonds. The number of nitrogens with zero attached hydrogens (tertiary/aromatic N) is 2. The van der Waals surface area contributed by atoms with Crippen LogP contribution in [0.2, 0.25) is 0 Å². The lowest BCUT2D eigenvalue weighted by molar-refractivity contribution is 0.182. The summed E-state index contributed by atoms with van der Waals surface area (Å²) in [6.45, 7) is 7.72. The monoisotopic (exact) mass is 232 g/mol. The SMILES string of the molecule is CCN(c1ccc(C)cc1C#N)C(C)COC. The van der Waals surface area contributed by atoms with Crippen LogP contribution in [0.1, 0.15) is 25.0 Å². The van der Waals surface area contributed by atoms with Crippen molar-refractivity contribution >= 4 is 5.69 Å². The number of anilines is 1. The number of methoxy groups -OCH3 is 1. The van der Waals surface area contributed by atoms with Gasteiger partial charge < -0.3 is 9.64 Å². The van der Waals surface area contributed by atoms with Gasteiger partial charge in [0.05, 0.1) is 17.9 Å². The lowest BCUT2D eigenvalue weighted by Crippen LogP contribution is -2.36. The molecule has 0 aliphatic heterocycles. The average molecular weight is 232 g/mol. The summed E-state index contributed by atoms with van der Waals surface area (Å²) in [6.07, 6.45) is 0. The molecule has 0 saturated heterocycles. The zero-order valence-corrected chi connectivity index (χ0v) is 11.0. The summed E-state index contributed by atoms with van der Waals surface area (Å²) in [7, 11) is 1.70. The third kappa shape index (κ3) is 3.21. The van der Waals surface area contributed by atoms with Crippen LogP contribution in [-0.2, 0) is 4.74 Å². The summed E-state index contributed by atoms with van der Waals surface area (Å²) in [4.78, 5) is 2.20. The van der Waals surface area contributed by atoms with E-state index in [0.717, 1.165) is 23.4 Å². The molecular formula is C14H20N2O. The fourth-order valence-electron chi connectivity index (χ4n) is 2.04. The van der Waals surface area contributed by atoms with E-state index in [1.54, 1.807) is 7.11 Å². The summed E-state index contributed by atoms with van der Waals surface area (Å²) in [5, 5.41) is 9.19. The van der Waals surface area contributed by atoms with Gasteiger partial charge in [-0.15, -0.1) is 0 Å². The summed E-state index contributed by atoms with van der Waals surface area (Å²) < 4.78 is 5.18. The van der Waals surface area contributed by atoms with Gasteiger partial charge in [0.25, 0.3) is 0 Å². The van der Waals surface area contributed by atoms with Gasteiger partial charge in [0.2, 0.25) is 0 Å². The van der Waals surface area contributed by atoms with E-state index in [1.165, 1.54) is 0 Å². The summed E-state index contributed by atoms with van der Waals surface area (Å²) in [5.74, 6) is 0. The van der Waals surface area contributed by atoms with Gasteiger partial charge in [-0.05, 0) is 38.5 Å². The highest BCUT2D eigenvalue weighted by molar-refractivity contribution is 5.60. The molecule has 0 spiro atoms. The largest absolute Gasteiger partial charge is 0.383 e. The summed E-state index contributed by atoms with van der Waals surface area (Å²) >= 11 is 0. The number of nitriles is 1. The Morgan fingerprint density at radius 1 is 1.47 bits per heavy atom. The van der Waals surface area contributed by atoms with Crippen LogP contribution < -0.4 is 4.90 Å². The van der Waals surface area contributed by atoms with Crippen LogP contribution in [0.5, 0.6) is 0 Å². The highest BCUT2D eigenvalue weighted by Crippen LogP contribution is 2.23. The van der Waals surface area contributed by atoms with Gasteiger partial charge in [-0.1, -0.05) is 6.07 Å². The van der Waals surface area contributed by atoms with E-state index in [1.807, 2.05) is 25.1 Å². The maximum absolute atomic E-state index is 9.19. The molecule has 0 aromatic heterocycles. The maximum atomic E-state index is 9.19. The second kappa shape index (κ2) is 6.27. The second-order valence-electron chi connectivity index (χ2n) is 4.22. The van der Waals surface area contributed by atoms with E-state index >= 15 is 0 Å². The van der Waals surface area contributed by atoms with Crippen molar-refractivity contribution in [3.63, 3.8) is 0 Å². The Balaban J connectivity index is 3.08. The first-order chi connectivity index (χ1) is 8.13. The van der Waals surface area contributed by atoms with E-state index in [9.17, 15) is 5.26 Å². The van der Waals surface area contributed by atoms with Crippen LogP contribution >= 0.6 is 0 Å². The first-order valence-electron chi connectivity index (χ1n) is 5.90. The molecule has 0 fully saturated rings. The third-order valence-corrected chi connectivity index (χ3v) is 2.86. The molecule has 17 heavy (non-hydrogen) atoms. The number of likely N-dealkylation sites (N-methyl/N-ethyl adjacent to an activating group) is 1. The van der Waals surface area contributed by atoms with Crippen LogP contribution in [0.3, 0.4) is 0 Å². The van der Waals surface area contributed by atoms with Crippen LogP contribution in [0.25, 0.3) is 0 Å². The van der Waals surface area contributed by atoms with Gasteiger partial charge in [0.15, 0.2) is 0 Å². The zero-order chi connectivity index (χ0) is 12.8. The Morgan fingerprint density at radius 3 is 2.71 bits per heavy atom. The molecule has 0 radical (unpaired) electrons.